The zero-order valence-corrected chi connectivity index (χ0v) is 51.4. The molecule has 0 bridgehead atoms. The van der Waals surface area contributed by atoms with Gasteiger partial charge in [-0.1, -0.05) is 35.2 Å². The summed E-state index contributed by atoms with van der Waals surface area (Å²) in [5.41, 5.74) is 3.97. The summed E-state index contributed by atoms with van der Waals surface area (Å²) in [5.74, 6) is -9.42. The van der Waals surface area contributed by atoms with E-state index < -0.39 is 165 Å². The molecule has 1 aliphatic carbocycles. The van der Waals surface area contributed by atoms with Crippen molar-refractivity contribution in [3.63, 3.8) is 0 Å². The largest absolute Gasteiger partial charge is 0.504 e. The minimum atomic E-state index is -2.14. The van der Waals surface area contributed by atoms with Crippen LogP contribution in [0, 0.1) is 17.9 Å². The highest BCUT2D eigenvalue weighted by molar-refractivity contribution is 7.90. The molecule has 9 rings (SSSR count). The van der Waals surface area contributed by atoms with Crippen LogP contribution < -0.4 is 45.5 Å². The van der Waals surface area contributed by atoms with Crippen molar-refractivity contribution >= 4 is 70.7 Å². The molecule has 3 aromatic rings. The highest BCUT2D eigenvalue weighted by Gasteiger charge is 2.50. The standard InChI is InChI=1S/C61H81N11O18S/c1-34-32-72-52(53(34)79)58(84)63-30-41(74)28-43(64-54(80)37-7-9-38(10-8-37)69-22-24-70(25-23-69)40-13-11-39(12-14-40)68-20-18-61(19-21-68)16-4-5-17-61)55(81)65-49(35(2)73)59(85)71-33-42(75)29-44(71)56(82)66-50(57(83)67-51(60(72)86)47(78)31-62-3)46(77)26-36-6-15-45(76)48(27-36)88-91-90-89-87/h6-15,27,34-35,41-44,46-47,49-53,73-79,87H,4-5,16-26,28-33H2,1-2H3,(H,63,84)(H,64,80)(H,65,81)(H,66,82)(H,67,83)/t34-,35+,41+,42+,43+,44+,46-,47-,49+,50+,51+,52+,53+/m1/s1. The summed E-state index contributed by atoms with van der Waals surface area (Å²) in [6.45, 7) is 12.8. The molecule has 7 amide bonds. The number of hydrogen-bond donors (Lipinski definition) is 13. The second-order valence-electron chi connectivity index (χ2n) is 24.7. The Morgan fingerprint density at radius 2 is 1.30 bits per heavy atom. The minimum absolute atomic E-state index is 0.0761. The molecule has 91 heavy (non-hydrogen) atoms. The Morgan fingerprint density at radius 3 is 1.90 bits per heavy atom. The van der Waals surface area contributed by atoms with Crippen molar-refractivity contribution in [2.24, 2.45) is 11.3 Å². The van der Waals surface area contributed by atoms with E-state index in [0.29, 0.717) is 18.5 Å². The topological polar surface area (TPSA) is 390 Å². The lowest BCUT2D eigenvalue weighted by atomic mass is 9.77. The van der Waals surface area contributed by atoms with E-state index in [4.69, 9.17) is 16.0 Å². The predicted octanol–water partition coefficient (Wildman–Crippen LogP) is -0.890. The number of nitrogens with one attached hydrogen (secondary N) is 5. The summed E-state index contributed by atoms with van der Waals surface area (Å²) in [4.78, 5) is 113. The van der Waals surface area contributed by atoms with Gasteiger partial charge in [0.1, 0.15) is 36.3 Å². The maximum absolute atomic E-state index is 14.7. The zero-order chi connectivity index (χ0) is 65.3. The van der Waals surface area contributed by atoms with Crippen LogP contribution >= 0.6 is 12.3 Å². The second kappa shape index (κ2) is 30.2. The number of aromatic hydroxyl groups is 1. The average molecular weight is 1290 g/mol. The van der Waals surface area contributed by atoms with E-state index >= 15 is 0 Å². The molecule has 494 valence electrons. The van der Waals surface area contributed by atoms with Gasteiger partial charge in [0.05, 0.1) is 30.5 Å². The number of carbonyl (C=O) groups excluding carboxylic acids is 7. The fourth-order valence-corrected chi connectivity index (χ4v) is 13.6. The Morgan fingerprint density at radius 1 is 0.714 bits per heavy atom. The number of amides is 7. The maximum Gasteiger partial charge on any atom is 0.261 e. The molecule has 13 N–H and O–H groups in total. The number of fused-ring (bicyclic) bond motifs is 2. The Kier molecular flexibility index (Phi) is 22.5. The van der Waals surface area contributed by atoms with E-state index in [0.717, 1.165) is 60.3 Å². The number of anilines is 3. The number of nitrogens with zero attached hydrogens (tertiary/aromatic N) is 6. The lowest BCUT2D eigenvalue weighted by molar-refractivity contribution is -0.433. The first-order chi connectivity index (χ1) is 43.6. The monoisotopic (exact) mass is 1290 g/mol. The number of piperazine rings is 1. The van der Waals surface area contributed by atoms with Crippen molar-refractivity contribution in [1.29, 1.82) is 0 Å². The zero-order valence-electron chi connectivity index (χ0n) is 50.5. The van der Waals surface area contributed by atoms with Gasteiger partial charge in [0.15, 0.2) is 17.6 Å². The number of hydrogen-bond acceptors (Lipinski definition) is 22. The molecule has 30 heteroatoms. The molecule has 5 saturated heterocycles. The summed E-state index contributed by atoms with van der Waals surface area (Å²) < 4.78 is 9.33. The molecule has 3 aromatic carbocycles. The summed E-state index contributed by atoms with van der Waals surface area (Å²) in [6, 6.07) is 7.71. The van der Waals surface area contributed by atoms with Gasteiger partial charge in [-0.2, -0.15) is 0 Å². The number of aliphatic hydroxyl groups excluding tert-OH is 6. The first kappa shape index (κ1) is 67.8. The quantitative estimate of drug-likeness (QED) is 0.0289. The number of benzene rings is 3. The van der Waals surface area contributed by atoms with Crippen LogP contribution in [0.3, 0.4) is 0 Å². The fourth-order valence-electron chi connectivity index (χ4n) is 13.3. The van der Waals surface area contributed by atoms with Crippen LogP contribution in [0.4, 0.5) is 17.1 Å². The third kappa shape index (κ3) is 16.2. The molecule has 1 spiro atoms. The maximum atomic E-state index is 14.7. The molecule has 0 radical (unpaired) electrons. The molecule has 0 aromatic heterocycles. The molecular weight excluding hydrogens is 1210 g/mol. The highest BCUT2D eigenvalue weighted by Crippen LogP contribution is 2.47. The summed E-state index contributed by atoms with van der Waals surface area (Å²) in [5, 5.41) is 103. The number of β-amino-alcohol motifs (C(OH)–C–C–N with tert-alkyl or cyclic N) is 1. The van der Waals surface area contributed by atoms with Crippen molar-refractivity contribution < 1.29 is 88.1 Å². The van der Waals surface area contributed by atoms with Crippen LogP contribution in [-0.4, -0.2) is 230 Å². The molecule has 5 aliphatic heterocycles. The minimum Gasteiger partial charge on any atom is -0.504 e. The Bertz CT molecular complexity index is 3100. The molecule has 6 fully saturated rings. The van der Waals surface area contributed by atoms with E-state index in [9.17, 15) is 69.3 Å². The van der Waals surface area contributed by atoms with Gasteiger partial charge < -0.3 is 95.9 Å². The highest BCUT2D eigenvalue weighted by atomic mass is 32.2. The smallest absolute Gasteiger partial charge is 0.261 e. The number of rotatable bonds is 15. The van der Waals surface area contributed by atoms with Gasteiger partial charge in [-0.3, -0.25) is 33.6 Å². The van der Waals surface area contributed by atoms with Gasteiger partial charge in [-0.05, 0) is 104 Å². The number of piperidine rings is 1. The Balaban J connectivity index is 0.937. The molecule has 0 unspecified atom stereocenters. The SMILES string of the molecule is [C-]#[N+]C[C@@H](O)[C@@H]1NC(=O)[C@H]([C@H](O)Cc2ccc(O)c(OSOOO)c2)NC(=O)[C@@H]2C[C@H](O)CN2C(=O)[C@H]([C@H](C)O)NC(=O)[C@@H](NC(=O)c2ccc(N3CCN(c4ccc(N5CCC6(CCCC6)CC5)cc4)CC3)cc2)C[C@H](O)CNC(=O)[C@@H]2[C@@H](O)[C@H](C)CN2C1=O. The van der Waals surface area contributed by atoms with Crippen molar-refractivity contribution in [2.45, 2.75) is 145 Å². The first-order valence-electron chi connectivity index (χ1n) is 30.7. The fraction of sp³-hybridized carbons (Fsp3) is 0.574. The molecule has 5 heterocycles. The van der Waals surface area contributed by atoms with E-state index in [2.05, 4.69) is 79.8 Å². The van der Waals surface area contributed by atoms with Crippen LogP contribution in [0.1, 0.15) is 81.1 Å². The van der Waals surface area contributed by atoms with Gasteiger partial charge >= 0.3 is 0 Å². The number of phenolic OH excluding ortho intramolecular Hbond substituents is 1. The van der Waals surface area contributed by atoms with Crippen LogP contribution in [0.2, 0.25) is 0 Å². The summed E-state index contributed by atoms with van der Waals surface area (Å²) in [6.07, 6.45) is -4.23. The van der Waals surface area contributed by atoms with Gasteiger partial charge in [0.25, 0.3) is 18.2 Å². The van der Waals surface area contributed by atoms with E-state index in [1.807, 2.05) is 0 Å². The van der Waals surface area contributed by atoms with Crippen LogP contribution in [0.5, 0.6) is 11.5 Å². The Hall–Kier alpha value is -7.57. The van der Waals surface area contributed by atoms with Crippen LogP contribution in [0.15, 0.2) is 66.7 Å². The van der Waals surface area contributed by atoms with Crippen molar-refractivity contribution in [1.82, 2.24) is 36.4 Å². The average Bonchev–Trinajstić information content (AvgIpc) is 1.74. The lowest BCUT2D eigenvalue weighted by Gasteiger charge is -2.41. The number of phenols is 1. The van der Waals surface area contributed by atoms with E-state index in [-0.39, 0.29) is 35.7 Å². The van der Waals surface area contributed by atoms with Crippen LogP contribution in [-0.2, 0) is 44.6 Å². The molecule has 13 atom stereocenters. The first-order valence-corrected chi connectivity index (χ1v) is 31.3. The van der Waals surface area contributed by atoms with Crippen molar-refractivity contribution in [3.05, 3.63) is 89.3 Å². The normalized spacial score (nSPS) is 28.2. The van der Waals surface area contributed by atoms with Gasteiger partial charge in [0.2, 0.25) is 42.0 Å². The lowest BCUT2D eigenvalue weighted by Crippen LogP contribution is -2.64. The third-order valence-electron chi connectivity index (χ3n) is 18.5. The van der Waals surface area contributed by atoms with Crippen molar-refractivity contribution in [2.75, 3.05) is 80.1 Å². The third-order valence-corrected chi connectivity index (χ3v) is 18.9. The summed E-state index contributed by atoms with van der Waals surface area (Å²) in [7, 11) is 0. The molecule has 1 saturated carbocycles. The van der Waals surface area contributed by atoms with Gasteiger partial charge in [0, 0.05) is 107 Å². The van der Waals surface area contributed by atoms with Crippen molar-refractivity contribution in [3.8, 4) is 11.5 Å². The molecule has 6 aliphatic rings. The summed E-state index contributed by atoms with van der Waals surface area (Å²) >= 11 is 0.0761. The van der Waals surface area contributed by atoms with Gasteiger partial charge in [-0.15, -0.1) is 0 Å². The number of aliphatic hydroxyl groups is 6. The Labute approximate surface area is 530 Å². The second-order valence-corrected chi connectivity index (χ2v) is 25.1. The number of carbonyl (C=O) groups is 7. The van der Waals surface area contributed by atoms with E-state index in [1.54, 1.807) is 24.3 Å². The molecule has 29 nitrogen and oxygen atoms in total. The van der Waals surface area contributed by atoms with Gasteiger partial charge in [-0.25, -0.2) is 11.8 Å². The molecular formula is C61H81N11O18S. The van der Waals surface area contributed by atoms with E-state index in [1.165, 1.54) is 63.3 Å². The predicted molar refractivity (Wildman–Crippen MR) is 327 cm³/mol. The van der Waals surface area contributed by atoms with Crippen LogP contribution in [0.25, 0.3) is 4.85 Å².